The number of piperidine rings is 1. The Morgan fingerprint density at radius 3 is 2.43 bits per heavy atom. The van der Waals surface area contributed by atoms with Crippen LogP contribution in [0, 0.1) is 6.92 Å². The summed E-state index contributed by atoms with van der Waals surface area (Å²) in [6.45, 7) is 6.01. The molecule has 1 fully saturated rings. The van der Waals surface area contributed by atoms with Crippen LogP contribution >= 0.6 is 0 Å². The average Bonchev–Trinajstić information content (AvgIpc) is 2.59. The third-order valence-corrected chi connectivity index (χ3v) is 4.85. The molecule has 3 rings (SSSR count). The Kier molecular flexibility index (Phi) is 4.99. The molecule has 0 amide bonds. The number of benzene rings is 2. The molecule has 1 heterocycles. The Balaban J connectivity index is 1.60. The summed E-state index contributed by atoms with van der Waals surface area (Å²) in [6, 6.07) is 19.3. The molecular weight excluding hydrogens is 284 g/mol. The molecule has 0 bridgehead atoms. The van der Waals surface area contributed by atoms with E-state index in [2.05, 4.69) is 72.6 Å². The molecule has 0 saturated carbocycles. The molecule has 1 aliphatic heterocycles. The van der Waals surface area contributed by atoms with E-state index in [1.165, 1.54) is 11.1 Å². The highest BCUT2D eigenvalue weighted by Crippen LogP contribution is 2.25. The van der Waals surface area contributed by atoms with Crippen molar-refractivity contribution >= 4 is 5.69 Å². The van der Waals surface area contributed by atoms with Gasteiger partial charge in [-0.1, -0.05) is 48.0 Å². The second-order valence-electron chi connectivity index (χ2n) is 6.55. The number of aryl methyl sites for hydroxylation is 1. The number of rotatable bonds is 4. The predicted octanol–water partition coefficient (Wildman–Crippen LogP) is 3.60. The number of hydrogen-bond donors (Lipinski definition) is 2. The number of aliphatic hydroxyl groups is 1. The van der Waals surface area contributed by atoms with Crippen LogP contribution in [0.3, 0.4) is 0 Å². The van der Waals surface area contributed by atoms with Gasteiger partial charge < -0.3 is 10.4 Å². The first kappa shape index (κ1) is 16.0. The smallest absolute Gasteiger partial charge is 0.0868 e. The summed E-state index contributed by atoms with van der Waals surface area (Å²) < 4.78 is 0. The van der Waals surface area contributed by atoms with E-state index < -0.39 is 0 Å². The fraction of sp³-hybridized carbons (Fsp3) is 0.400. The third-order valence-electron chi connectivity index (χ3n) is 4.85. The zero-order valence-corrected chi connectivity index (χ0v) is 13.9. The minimum atomic E-state index is -0.351. The Bertz CT molecular complexity index is 611. The summed E-state index contributed by atoms with van der Waals surface area (Å²) >= 11 is 0. The molecule has 2 aromatic carbocycles. The molecule has 122 valence electrons. The second-order valence-corrected chi connectivity index (χ2v) is 6.55. The van der Waals surface area contributed by atoms with Crippen LogP contribution in [0.1, 0.15) is 30.5 Å². The highest BCUT2D eigenvalue weighted by molar-refractivity contribution is 5.45. The van der Waals surface area contributed by atoms with Crippen molar-refractivity contribution in [1.29, 1.82) is 0 Å². The minimum Gasteiger partial charge on any atom is -0.390 e. The van der Waals surface area contributed by atoms with Crippen molar-refractivity contribution in [2.75, 3.05) is 18.4 Å². The Morgan fingerprint density at radius 1 is 1.09 bits per heavy atom. The van der Waals surface area contributed by atoms with Crippen molar-refractivity contribution in [2.45, 2.75) is 38.5 Å². The summed E-state index contributed by atoms with van der Waals surface area (Å²) in [4.78, 5) is 2.37. The lowest BCUT2D eigenvalue weighted by Gasteiger charge is -2.40. The van der Waals surface area contributed by atoms with Gasteiger partial charge in [-0.2, -0.15) is 0 Å². The average molecular weight is 310 g/mol. The maximum Gasteiger partial charge on any atom is 0.0868 e. The van der Waals surface area contributed by atoms with Gasteiger partial charge in [0.2, 0.25) is 0 Å². The summed E-state index contributed by atoms with van der Waals surface area (Å²) in [5, 5.41) is 14.0. The Hall–Kier alpha value is -1.84. The number of hydrogen-bond acceptors (Lipinski definition) is 3. The zero-order chi connectivity index (χ0) is 16.2. The van der Waals surface area contributed by atoms with E-state index in [0.717, 1.165) is 18.7 Å². The molecule has 1 saturated heterocycles. The van der Waals surface area contributed by atoms with Gasteiger partial charge in [0.1, 0.15) is 0 Å². The maximum atomic E-state index is 10.5. The summed E-state index contributed by atoms with van der Waals surface area (Å²) in [7, 11) is 0. The molecule has 3 heteroatoms. The zero-order valence-electron chi connectivity index (χ0n) is 13.9. The number of anilines is 1. The van der Waals surface area contributed by atoms with Crippen LogP contribution in [-0.2, 0) is 0 Å². The fourth-order valence-corrected chi connectivity index (χ4v) is 3.28. The van der Waals surface area contributed by atoms with E-state index in [4.69, 9.17) is 0 Å². The number of likely N-dealkylation sites (tertiary alicyclic amines) is 1. The largest absolute Gasteiger partial charge is 0.390 e. The number of nitrogens with zero attached hydrogens (tertiary/aromatic N) is 1. The predicted molar refractivity (Wildman–Crippen MR) is 95.6 cm³/mol. The van der Waals surface area contributed by atoms with Crippen LogP contribution in [0.2, 0.25) is 0 Å². The molecule has 23 heavy (non-hydrogen) atoms. The molecule has 0 aliphatic carbocycles. The molecule has 1 aliphatic rings. The lowest BCUT2D eigenvalue weighted by Crippen LogP contribution is -2.50. The maximum absolute atomic E-state index is 10.5. The van der Waals surface area contributed by atoms with Gasteiger partial charge in [0.15, 0.2) is 0 Å². The van der Waals surface area contributed by atoms with Crippen molar-refractivity contribution in [2.24, 2.45) is 0 Å². The van der Waals surface area contributed by atoms with Gasteiger partial charge in [-0.15, -0.1) is 0 Å². The highest BCUT2D eigenvalue weighted by atomic mass is 16.3. The fourth-order valence-electron chi connectivity index (χ4n) is 3.28. The number of β-amino-alcohol motifs (C(OH)–C–C–N with tert-alkyl or cyclic N) is 1. The first-order valence-corrected chi connectivity index (χ1v) is 8.44. The standard InChI is InChI=1S/C20H26N2O/c1-15-8-10-18(11-9-15)21-19-12-13-22(14-20(19)23)16(2)17-6-4-3-5-7-17/h3-11,16,19-21,23H,12-14H2,1-2H3/t16?,19-,20-/m1/s1. The van der Waals surface area contributed by atoms with Crippen molar-refractivity contribution in [1.82, 2.24) is 4.90 Å². The first-order chi connectivity index (χ1) is 11.1. The van der Waals surface area contributed by atoms with E-state index in [0.29, 0.717) is 12.6 Å². The van der Waals surface area contributed by atoms with Gasteiger partial charge in [0.05, 0.1) is 12.1 Å². The number of aliphatic hydroxyl groups excluding tert-OH is 1. The second kappa shape index (κ2) is 7.16. The molecule has 2 aromatic rings. The van der Waals surface area contributed by atoms with Crippen molar-refractivity contribution < 1.29 is 5.11 Å². The van der Waals surface area contributed by atoms with E-state index in [1.54, 1.807) is 0 Å². The monoisotopic (exact) mass is 310 g/mol. The summed E-state index contributed by atoms with van der Waals surface area (Å²) in [5.41, 5.74) is 3.65. The molecule has 0 spiro atoms. The normalized spacial score (nSPS) is 23.4. The Labute approximate surface area is 139 Å². The molecule has 3 nitrogen and oxygen atoms in total. The topological polar surface area (TPSA) is 35.5 Å². The van der Waals surface area contributed by atoms with E-state index in [1.807, 2.05) is 6.07 Å². The first-order valence-electron chi connectivity index (χ1n) is 8.44. The lowest BCUT2D eigenvalue weighted by atomic mass is 9.97. The van der Waals surface area contributed by atoms with Crippen LogP contribution in [-0.4, -0.2) is 35.2 Å². The quantitative estimate of drug-likeness (QED) is 0.905. The van der Waals surface area contributed by atoms with Gasteiger partial charge in [-0.05, 0) is 38.0 Å². The van der Waals surface area contributed by atoms with Crippen molar-refractivity contribution in [3.63, 3.8) is 0 Å². The summed E-state index contributed by atoms with van der Waals surface area (Å²) in [5.74, 6) is 0. The molecule has 0 aromatic heterocycles. The minimum absolute atomic E-state index is 0.122. The van der Waals surface area contributed by atoms with Crippen molar-refractivity contribution in [3.8, 4) is 0 Å². The van der Waals surface area contributed by atoms with Gasteiger partial charge in [0.25, 0.3) is 0 Å². The molecule has 2 N–H and O–H groups in total. The van der Waals surface area contributed by atoms with Crippen LogP contribution < -0.4 is 5.32 Å². The van der Waals surface area contributed by atoms with E-state index >= 15 is 0 Å². The molecule has 1 unspecified atom stereocenters. The van der Waals surface area contributed by atoms with Gasteiger partial charge in [-0.25, -0.2) is 0 Å². The van der Waals surface area contributed by atoms with Gasteiger partial charge in [0, 0.05) is 24.8 Å². The lowest BCUT2D eigenvalue weighted by molar-refractivity contribution is 0.0408. The Morgan fingerprint density at radius 2 is 1.78 bits per heavy atom. The van der Waals surface area contributed by atoms with Crippen LogP contribution in [0.15, 0.2) is 54.6 Å². The van der Waals surface area contributed by atoms with Crippen molar-refractivity contribution in [3.05, 3.63) is 65.7 Å². The van der Waals surface area contributed by atoms with Crippen LogP contribution in [0.5, 0.6) is 0 Å². The number of nitrogens with one attached hydrogen (secondary N) is 1. The van der Waals surface area contributed by atoms with Gasteiger partial charge in [-0.3, -0.25) is 4.90 Å². The highest BCUT2D eigenvalue weighted by Gasteiger charge is 2.30. The van der Waals surface area contributed by atoms with Crippen LogP contribution in [0.4, 0.5) is 5.69 Å². The molecular formula is C20H26N2O. The molecule has 3 atom stereocenters. The SMILES string of the molecule is Cc1ccc(N[C@@H]2CCN(C(C)c3ccccc3)C[C@H]2O)cc1. The van der Waals surface area contributed by atoms with Gasteiger partial charge >= 0.3 is 0 Å². The summed E-state index contributed by atoms with van der Waals surface area (Å²) in [6.07, 6.45) is 0.600. The van der Waals surface area contributed by atoms with E-state index in [9.17, 15) is 5.11 Å². The third kappa shape index (κ3) is 3.92. The molecule has 0 radical (unpaired) electrons. The van der Waals surface area contributed by atoms with Crippen LogP contribution in [0.25, 0.3) is 0 Å². The van der Waals surface area contributed by atoms with E-state index in [-0.39, 0.29) is 12.1 Å².